The zero-order valence-electron chi connectivity index (χ0n) is 19.7. The quantitative estimate of drug-likeness (QED) is 0.105. The fraction of sp³-hybridized carbons (Fsp3) is 0.526. The Balaban J connectivity index is 3.11. The van der Waals surface area contributed by atoms with Gasteiger partial charge in [0.15, 0.2) is 17.5 Å². The third kappa shape index (κ3) is 11.5. The molecule has 204 valence electrons. The summed E-state index contributed by atoms with van der Waals surface area (Å²) in [5.41, 5.74) is -1.22. The molecule has 0 radical (unpaired) electrons. The van der Waals surface area contributed by atoms with Crippen LogP contribution in [0.4, 0.5) is 4.79 Å². The van der Waals surface area contributed by atoms with Crippen LogP contribution in [0.25, 0.3) is 0 Å². The molecule has 0 fully saturated rings. The summed E-state index contributed by atoms with van der Waals surface area (Å²) in [7, 11) is 0. The van der Waals surface area contributed by atoms with Crippen LogP contribution >= 0.6 is 0 Å². The molecule has 1 rings (SSSR count). The minimum absolute atomic E-state index is 0.254. The fourth-order valence-electron chi connectivity index (χ4n) is 2.40. The number of carbonyl (C=O) groups excluding carboxylic acids is 2. The minimum atomic E-state index is -1.62. The van der Waals surface area contributed by atoms with E-state index < -0.39 is 71.6 Å². The molecular formula is C19H29N3O14. The van der Waals surface area contributed by atoms with E-state index in [2.05, 4.69) is 15.0 Å². The average molecular weight is 523 g/mol. The zero-order valence-corrected chi connectivity index (χ0v) is 19.7. The standard InChI is InChI=1S/C19H29N3O14/c1-10(23)15(20-18(27)35-19(2,3)4)17(26)34-14-7-11(16(24)25)5-6-13(14)32-8-12(36-22(30)31)9-33-21(28)29/h5-7,10,12,15,23,28-31H,8-9H2,1-4H3,(H,20,27)(H,24,25). The molecule has 0 aromatic heterocycles. The van der Waals surface area contributed by atoms with Crippen molar-refractivity contribution >= 4 is 18.0 Å². The number of carboxylic acids is 1. The highest BCUT2D eigenvalue weighted by atomic mass is 17.1. The number of ether oxygens (including phenoxy) is 3. The van der Waals surface area contributed by atoms with Gasteiger partial charge in [-0.1, -0.05) is 0 Å². The monoisotopic (exact) mass is 523 g/mol. The number of nitrogens with one attached hydrogen (secondary N) is 1. The molecule has 3 atom stereocenters. The molecule has 1 amide bonds. The minimum Gasteiger partial charge on any atom is -0.487 e. The number of aromatic carboxylic acids is 1. The van der Waals surface area contributed by atoms with Crippen LogP contribution in [0.1, 0.15) is 38.1 Å². The molecule has 0 spiro atoms. The first-order valence-electron chi connectivity index (χ1n) is 10.1. The predicted molar refractivity (Wildman–Crippen MR) is 111 cm³/mol. The van der Waals surface area contributed by atoms with Gasteiger partial charge in [0.05, 0.1) is 22.4 Å². The Kier molecular flexibility index (Phi) is 11.9. The van der Waals surface area contributed by atoms with Gasteiger partial charge in [0.1, 0.15) is 24.9 Å². The number of alkyl carbamates (subject to hydrolysis) is 1. The van der Waals surface area contributed by atoms with E-state index >= 15 is 0 Å². The van der Waals surface area contributed by atoms with Crippen molar-refractivity contribution in [3.05, 3.63) is 23.8 Å². The number of carboxylic acid groups (broad SMARTS) is 1. The lowest BCUT2D eigenvalue weighted by molar-refractivity contribution is -0.527. The Labute approximate surface area is 204 Å². The fourth-order valence-corrected chi connectivity index (χ4v) is 2.40. The number of esters is 1. The van der Waals surface area contributed by atoms with Crippen molar-refractivity contribution in [2.24, 2.45) is 0 Å². The molecular weight excluding hydrogens is 494 g/mol. The molecule has 36 heavy (non-hydrogen) atoms. The number of aliphatic hydroxyl groups is 1. The number of rotatable bonds is 13. The van der Waals surface area contributed by atoms with Crippen molar-refractivity contribution in [3.63, 3.8) is 0 Å². The van der Waals surface area contributed by atoms with Crippen molar-refractivity contribution in [2.75, 3.05) is 13.2 Å². The Hall–Kier alpha value is -3.13. The number of hydrogen-bond donors (Lipinski definition) is 7. The first-order valence-corrected chi connectivity index (χ1v) is 10.1. The maximum absolute atomic E-state index is 12.7. The van der Waals surface area contributed by atoms with Crippen molar-refractivity contribution < 1.29 is 69.3 Å². The first kappa shape index (κ1) is 30.9. The number of aliphatic hydroxyl groups excluding tert-OH is 1. The van der Waals surface area contributed by atoms with Gasteiger partial charge in [-0.05, 0) is 45.9 Å². The molecule has 17 nitrogen and oxygen atoms in total. The van der Waals surface area contributed by atoms with E-state index in [4.69, 9.17) is 35.0 Å². The van der Waals surface area contributed by atoms with Gasteiger partial charge in [-0.3, -0.25) is 20.8 Å². The molecule has 0 aliphatic rings. The number of benzene rings is 1. The van der Waals surface area contributed by atoms with Gasteiger partial charge in [0.25, 0.3) is 0 Å². The van der Waals surface area contributed by atoms with Crippen LogP contribution in [0.15, 0.2) is 18.2 Å². The number of amides is 1. The highest BCUT2D eigenvalue weighted by Crippen LogP contribution is 2.29. The highest BCUT2D eigenvalue weighted by Gasteiger charge is 2.31. The second kappa shape index (κ2) is 13.8. The van der Waals surface area contributed by atoms with E-state index in [9.17, 15) is 24.6 Å². The molecule has 7 N–H and O–H groups in total. The number of carbonyl (C=O) groups is 3. The van der Waals surface area contributed by atoms with Gasteiger partial charge < -0.3 is 29.7 Å². The maximum Gasteiger partial charge on any atom is 0.408 e. The smallest absolute Gasteiger partial charge is 0.408 e. The lowest BCUT2D eigenvalue weighted by Crippen LogP contribution is -2.50. The summed E-state index contributed by atoms with van der Waals surface area (Å²) >= 11 is 0. The summed E-state index contributed by atoms with van der Waals surface area (Å²) < 4.78 is 15.6. The Bertz CT molecular complexity index is 887. The number of nitrogens with zero attached hydrogens (tertiary/aromatic N) is 2. The normalized spacial score (nSPS) is 14.2. The summed E-state index contributed by atoms with van der Waals surface area (Å²) in [5.74, 6) is -3.29. The third-order valence-electron chi connectivity index (χ3n) is 3.85. The van der Waals surface area contributed by atoms with E-state index in [0.29, 0.717) is 0 Å². The molecule has 3 unspecified atom stereocenters. The molecule has 0 saturated heterocycles. The molecule has 17 heteroatoms. The lowest BCUT2D eigenvalue weighted by Gasteiger charge is -2.24. The van der Waals surface area contributed by atoms with Crippen molar-refractivity contribution in [2.45, 2.75) is 51.5 Å². The van der Waals surface area contributed by atoms with Gasteiger partial charge >= 0.3 is 18.0 Å². The molecule has 0 bridgehead atoms. The average Bonchev–Trinajstić information content (AvgIpc) is 2.72. The van der Waals surface area contributed by atoms with Crippen LogP contribution in [0.5, 0.6) is 11.5 Å². The second-order valence-corrected chi connectivity index (χ2v) is 8.09. The van der Waals surface area contributed by atoms with E-state index in [1.165, 1.54) is 6.92 Å². The van der Waals surface area contributed by atoms with Gasteiger partial charge in [0.2, 0.25) is 0 Å². The van der Waals surface area contributed by atoms with Crippen LogP contribution in [-0.2, 0) is 19.2 Å². The second-order valence-electron chi connectivity index (χ2n) is 8.09. The Morgan fingerprint density at radius 2 is 1.67 bits per heavy atom. The SMILES string of the molecule is CC(O)C(NC(=O)OC(C)(C)C)C(=O)Oc1cc(C(=O)O)ccc1OCC(CON(O)O)ON(O)O. The summed E-state index contributed by atoms with van der Waals surface area (Å²) in [6.45, 7) is 4.66. The molecule has 0 heterocycles. The van der Waals surface area contributed by atoms with E-state index in [-0.39, 0.29) is 11.3 Å². The topological polar surface area (TPSA) is 237 Å². The third-order valence-corrected chi connectivity index (χ3v) is 3.85. The van der Waals surface area contributed by atoms with Gasteiger partial charge in [0, 0.05) is 0 Å². The van der Waals surface area contributed by atoms with E-state index in [0.717, 1.165) is 18.2 Å². The predicted octanol–water partition coefficient (Wildman–Crippen LogP) is 0.336. The maximum atomic E-state index is 12.7. The van der Waals surface area contributed by atoms with Crippen LogP contribution in [-0.4, -0.2) is 96.9 Å². The van der Waals surface area contributed by atoms with Crippen molar-refractivity contribution in [1.29, 1.82) is 0 Å². The highest BCUT2D eigenvalue weighted by molar-refractivity contribution is 5.89. The molecule has 0 aliphatic carbocycles. The summed E-state index contributed by atoms with van der Waals surface area (Å²) in [6, 6.07) is 1.49. The van der Waals surface area contributed by atoms with Crippen molar-refractivity contribution in [1.82, 2.24) is 16.1 Å². The molecule has 0 aliphatic heterocycles. The van der Waals surface area contributed by atoms with Crippen LogP contribution in [0.3, 0.4) is 0 Å². The lowest BCUT2D eigenvalue weighted by atomic mass is 10.1. The molecule has 1 aromatic rings. The molecule has 1 aromatic carbocycles. The molecule has 0 saturated carbocycles. The summed E-state index contributed by atoms with van der Waals surface area (Å²) in [6.07, 6.45) is -3.86. The van der Waals surface area contributed by atoms with Crippen LogP contribution < -0.4 is 14.8 Å². The van der Waals surface area contributed by atoms with Gasteiger partial charge in [-0.25, -0.2) is 24.1 Å². The summed E-state index contributed by atoms with van der Waals surface area (Å²) in [4.78, 5) is 45.0. The first-order chi connectivity index (χ1) is 16.6. The Morgan fingerprint density at radius 3 is 2.17 bits per heavy atom. The Morgan fingerprint density at radius 1 is 1.03 bits per heavy atom. The van der Waals surface area contributed by atoms with Crippen molar-refractivity contribution in [3.8, 4) is 11.5 Å². The van der Waals surface area contributed by atoms with Gasteiger partial charge in [-0.15, -0.1) is 0 Å². The van der Waals surface area contributed by atoms with Crippen LogP contribution in [0.2, 0.25) is 0 Å². The van der Waals surface area contributed by atoms with Crippen LogP contribution in [0, 0.1) is 0 Å². The van der Waals surface area contributed by atoms with Gasteiger partial charge in [-0.2, -0.15) is 0 Å². The zero-order chi connectivity index (χ0) is 27.6. The van der Waals surface area contributed by atoms with E-state index in [1.807, 2.05) is 0 Å². The van der Waals surface area contributed by atoms with E-state index in [1.54, 1.807) is 20.8 Å². The largest absolute Gasteiger partial charge is 0.487 e. The number of hydrogen-bond acceptors (Lipinski definition) is 15. The summed E-state index contributed by atoms with van der Waals surface area (Å²) in [5, 5.41) is 54.9.